The highest BCUT2D eigenvalue weighted by atomic mass is 79.9. The van der Waals surface area contributed by atoms with Crippen LogP contribution >= 0.6 is 15.9 Å². The predicted octanol–water partition coefficient (Wildman–Crippen LogP) is 3.10. The number of allylic oxidation sites excluding steroid dienone is 1. The Labute approximate surface area is 139 Å². The van der Waals surface area contributed by atoms with Crippen molar-refractivity contribution in [3.63, 3.8) is 0 Å². The molecule has 4 nitrogen and oxygen atoms in total. The minimum absolute atomic E-state index is 0.271. The first-order valence-electron chi connectivity index (χ1n) is 7.38. The van der Waals surface area contributed by atoms with Crippen LogP contribution in [0.3, 0.4) is 0 Å². The van der Waals surface area contributed by atoms with Gasteiger partial charge in [-0.2, -0.15) is 0 Å². The standard InChI is InChI=1S/C16H13BrF2N2O2/c17-11-7-8-9(1-2-10(18)12(8)19)15(11)3-5-16(6-4-15)13(22)20-14(23)21-16/h1-2,7H,3-6H2,(H2,20,21,22,23). The van der Waals surface area contributed by atoms with Crippen molar-refractivity contribution in [3.05, 3.63) is 39.4 Å². The van der Waals surface area contributed by atoms with Gasteiger partial charge in [-0.05, 0) is 43.4 Å². The zero-order chi connectivity index (χ0) is 16.4. The zero-order valence-corrected chi connectivity index (χ0v) is 13.6. The maximum atomic E-state index is 14.1. The summed E-state index contributed by atoms with van der Waals surface area (Å²) in [6.07, 6.45) is 3.66. The van der Waals surface area contributed by atoms with Crippen LogP contribution in [0.1, 0.15) is 36.8 Å². The first kappa shape index (κ1) is 14.8. The number of carbonyl (C=O) groups excluding carboxylic acids is 2. The molecule has 0 bridgehead atoms. The number of carbonyl (C=O) groups is 2. The molecule has 1 aromatic carbocycles. The Morgan fingerprint density at radius 3 is 2.39 bits per heavy atom. The maximum absolute atomic E-state index is 14.1. The van der Waals surface area contributed by atoms with Gasteiger partial charge < -0.3 is 5.32 Å². The fourth-order valence-corrected chi connectivity index (χ4v) is 4.85. The third kappa shape index (κ3) is 1.86. The molecule has 0 unspecified atom stereocenters. The average Bonchev–Trinajstić information content (AvgIpc) is 2.94. The summed E-state index contributed by atoms with van der Waals surface area (Å²) >= 11 is 3.50. The van der Waals surface area contributed by atoms with Crippen molar-refractivity contribution in [3.8, 4) is 0 Å². The van der Waals surface area contributed by atoms with E-state index in [1.807, 2.05) is 0 Å². The van der Waals surface area contributed by atoms with E-state index in [1.165, 1.54) is 0 Å². The molecule has 120 valence electrons. The topological polar surface area (TPSA) is 58.2 Å². The molecule has 0 radical (unpaired) electrons. The fraction of sp³-hybridized carbons (Fsp3) is 0.375. The monoisotopic (exact) mass is 382 g/mol. The van der Waals surface area contributed by atoms with Gasteiger partial charge in [0.1, 0.15) is 5.54 Å². The smallest absolute Gasteiger partial charge is 0.322 e. The lowest BCUT2D eigenvalue weighted by atomic mass is 9.65. The van der Waals surface area contributed by atoms with Crippen LogP contribution in [-0.4, -0.2) is 17.5 Å². The van der Waals surface area contributed by atoms with Crippen molar-refractivity contribution < 1.29 is 18.4 Å². The van der Waals surface area contributed by atoms with Gasteiger partial charge in [-0.1, -0.05) is 22.0 Å². The van der Waals surface area contributed by atoms with Gasteiger partial charge >= 0.3 is 6.03 Å². The van der Waals surface area contributed by atoms with Crippen molar-refractivity contribution in [2.45, 2.75) is 36.6 Å². The molecule has 3 aliphatic rings. The molecule has 1 aliphatic heterocycles. The first-order valence-corrected chi connectivity index (χ1v) is 8.17. The zero-order valence-electron chi connectivity index (χ0n) is 12.0. The number of hydrogen-bond donors (Lipinski definition) is 2. The molecule has 3 amide bonds. The van der Waals surface area contributed by atoms with Gasteiger partial charge in [0.25, 0.3) is 5.91 Å². The van der Waals surface area contributed by atoms with Crippen molar-refractivity contribution in [2.24, 2.45) is 0 Å². The second kappa shape index (κ2) is 4.63. The largest absolute Gasteiger partial charge is 0.323 e. The van der Waals surface area contributed by atoms with Crippen LogP contribution in [0.2, 0.25) is 0 Å². The second-order valence-electron chi connectivity index (χ2n) is 6.39. The Hall–Kier alpha value is -1.76. The number of halogens is 3. The molecule has 23 heavy (non-hydrogen) atoms. The van der Waals surface area contributed by atoms with Crippen LogP contribution in [0.15, 0.2) is 16.6 Å². The molecular weight excluding hydrogens is 370 g/mol. The molecule has 2 fully saturated rings. The van der Waals surface area contributed by atoms with Gasteiger partial charge in [-0.25, -0.2) is 13.6 Å². The highest BCUT2D eigenvalue weighted by Gasteiger charge is 2.54. The van der Waals surface area contributed by atoms with Gasteiger partial charge in [-0.15, -0.1) is 0 Å². The predicted molar refractivity (Wildman–Crippen MR) is 82.8 cm³/mol. The van der Waals surface area contributed by atoms with Gasteiger partial charge in [-0.3, -0.25) is 10.1 Å². The van der Waals surface area contributed by atoms with Gasteiger partial charge in [0.15, 0.2) is 11.6 Å². The van der Waals surface area contributed by atoms with E-state index in [0.29, 0.717) is 25.7 Å². The Balaban J connectivity index is 1.71. The van der Waals surface area contributed by atoms with Crippen molar-refractivity contribution in [2.75, 3.05) is 0 Å². The number of amides is 3. The molecule has 2 aliphatic carbocycles. The number of nitrogens with one attached hydrogen (secondary N) is 2. The van der Waals surface area contributed by atoms with Crippen LogP contribution in [-0.2, 0) is 10.2 Å². The minimum Gasteiger partial charge on any atom is -0.323 e. The Bertz CT molecular complexity index is 783. The number of imide groups is 1. The summed E-state index contributed by atoms with van der Waals surface area (Å²) in [7, 11) is 0. The van der Waals surface area contributed by atoms with E-state index in [0.717, 1.165) is 16.1 Å². The summed E-state index contributed by atoms with van der Waals surface area (Å²) in [5.74, 6) is -2.02. The summed E-state index contributed by atoms with van der Waals surface area (Å²) < 4.78 is 28.3. The van der Waals surface area contributed by atoms with Gasteiger partial charge in [0.05, 0.1) is 0 Å². The van der Waals surface area contributed by atoms with Gasteiger partial charge in [0, 0.05) is 15.5 Å². The van der Waals surface area contributed by atoms with Crippen LogP contribution in [0.25, 0.3) is 6.08 Å². The van der Waals surface area contributed by atoms with E-state index in [4.69, 9.17) is 0 Å². The molecule has 0 aromatic heterocycles. The van der Waals surface area contributed by atoms with E-state index in [2.05, 4.69) is 26.6 Å². The highest BCUT2D eigenvalue weighted by molar-refractivity contribution is 9.11. The molecule has 4 rings (SSSR count). The average molecular weight is 383 g/mol. The SMILES string of the molecule is O=C1NC(=O)C2(CCC3(CC2)C(Br)=Cc2c3ccc(F)c2F)N1. The van der Waals surface area contributed by atoms with Crippen LogP contribution < -0.4 is 10.6 Å². The van der Waals surface area contributed by atoms with Crippen LogP contribution in [0.4, 0.5) is 13.6 Å². The van der Waals surface area contributed by atoms with Crippen molar-refractivity contribution >= 4 is 33.9 Å². The molecular formula is C16H13BrF2N2O2. The third-order valence-electron chi connectivity index (χ3n) is 5.35. The summed E-state index contributed by atoms with van der Waals surface area (Å²) in [6.45, 7) is 0. The number of fused-ring (bicyclic) bond motifs is 2. The lowest BCUT2D eigenvalue weighted by Crippen LogP contribution is -2.52. The molecule has 1 saturated carbocycles. The molecule has 1 saturated heterocycles. The van der Waals surface area contributed by atoms with Crippen molar-refractivity contribution in [1.82, 2.24) is 10.6 Å². The lowest BCUT2D eigenvalue weighted by molar-refractivity contribution is -0.125. The lowest BCUT2D eigenvalue weighted by Gasteiger charge is -2.42. The van der Waals surface area contributed by atoms with E-state index >= 15 is 0 Å². The molecule has 7 heteroatoms. The summed E-state index contributed by atoms with van der Waals surface area (Å²) in [4.78, 5) is 23.5. The van der Waals surface area contributed by atoms with Gasteiger partial charge in [0.2, 0.25) is 0 Å². The second-order valence-corrected chi connectivity index (χ2v) is 7.24. The third-order valence-corrected chi connectivity index (χ3v) is 6.34. The Morgan fingerprint density at radius 1 is 1.09 bits per heavy atom. The summed E-state index contributed by atoms with van der Waals surface area (Å²) in [5, 5.41) is 4.99. The molecule has 0 atom stereocenters. The van der Waals surface area contributed by atoms with E-state index < -0.39 is 28.6 Å². The molecule has 2 spiro atoms. The van der Waals surface area contributed by atoms with Crippen LogP contribution in [0, 0.1) is 11.6 Å². The minimum atomic E-state index is -0.878. The Morgan fingerprint density at radius 2 is 1.78 bits per heavy atom. The summed E-state index contributed by atoms with van der Waals surface area (Å²) in [6, 6.07) is 2.29. The fourth-order valence-electron chi connectivity index (χ4n) is 4.01. The van der Waals surface area contributed by atoms with E-state index in [-0.39, 0.29) is 11.5 Å². The molecule has 1 aromatic rings. The van der Waals surface area contributed by atoms with Crippen molar-refractivity contribution in [1.29, 1.82) is 0 Å². The highest BCUT2D eigenvalue weighted by Crippen LogP contribution is 2.55. The molecule has 1 heterocycles. The van der Waals surface area contributed by atoms with Crippen LogP contribution in [0.5, 0.6) is 0 Å². The number of rotatable bonds is 0. The Kier molecular flexibility index (Phi) is 2.98. The summed E-state index contributed by atoms with van der Waals surface area (Å²) in [5.41, 5.74) is -0.324. The first-order chi connectivity index (χ1) is 10.9. The number of urea groups is 1. The quantitative estimate of drug-likeness (QED) is 0.677. The van der Waals surface area contributed by atoms with E-state index in [9.17, 15) is 18.4 Å². The van der Waals surface area contributed by atoms with E-state index in [1.54, 1.807) is 12.1 Å². The normalized spacial score (nSPS) is 32.0. The maximum Gasteiger partial charge on any atom is 0.322 e. The number of hydrogen-bond acceptors (Lipinski definition) is 2. The molecule has 2 N–H and O–H groups in total. The number of benzene rings is 1.